The molecule has 7 heteroatoms. The van der Waals surface area contributed by atoms with Crippen molar-refractivity contribution in [3.63, 3.8) is 0 Å². The van der Waals surface area contributed by atoms with Crippen LogP contribution in [0.4, 0.5) is 6.01 Å². The molecule has 2 aromatic rings. The highest BCUT2D eigenvalue weighted by atomic mass is 35.5. The second kappa shape index (κ2) is 4.28. The molecule has 0 unspecified atom stereocenters. The third-order valence-corrected chi connectivity index (χ3v) is 1.89. The van der Waals surface area contributed by atoms with Gasteiger partial charge >= 0.3 is 6.01 Å². The van der Waals surface area contributed by atoms with Crippen molar-refractivity contribution in [3.05, 3.63) is 35.2 Å². The van der Waals surface area contributed by atoms with E-state index in [1.165, 1.54) is 18.7 Å². The molecule has 0 aliphatic rings. The van der Waals surface area contributed by atoms with Gasteiger partial charge in [0.2, 0.25) is 0 Å². The highest BCUT2D eigenvalue weighted by molar-refractivity contribution is 6.29. The number of hydrogen-bond acceptors (Lipinski definition) is 5. The number of rotatable bonds is 2. The van der Waals surface area contributed by atoms with E-state index in [0.717, 1.165) is 0 Å². The van der Waals surface area contributed by atoms with Crippen LogP contribution < -0.4 is 5.32 Å². The van der Waals surface area contributed by atoms with Gasteiger partial charge in [0.1, 0.15) is 17.1 Å². The van der Waals surface area contributed by atoms with Crippen molar-refractivity contribution in [1.29, 1.82) is 0 Å². The van der Waals surface area contributed by atoms with E-state index in [-0.39, 0.29) is 16.9 Å². The zero-order chi connectivity index (χ0) is 11.5. The molecule has 0 aromatic carbocycles. The third-order valence-electron chi connectivity index (χ3n) is 1.69. The molecule has 16 heavy (non-hydrogen) atoms. The number of nitrogens with zero attached hydrogens (tertiary/aromatic N) is 3. The number of aryl methyl sites for hydroxylation is 1. The van der Waals surface area contributed by atoms with E-state index in [2.05, 4.69) is 20.3 Å². The second-order valence-electron chi connectivity index (χ2n) is 2.97. The molecule has 0 radical (unpaired) electrons. The molecule has 0 fully saturated rings. The fourth-order valence-electron chi connectivity index (χ4n) is 1.00. The molecule has 1 N–H and O–H groups in total. The molecular formula is C9H7ClN4O2. The van der Waals surface area contributed by atoms with Gasteiger partial charge in [0.05, 0.1) is 18.1 Å². The standard InChI is InChI=1S/C9H7ClN4O2/c1-5-4-16-9(13-5)14-8(15)6-2-12-7(10)3-11-6/h2-4H,1H3,(H,13,14,15). The topological polar surface area (TPSA) is 80.9 Å². The first-order chi connectivity index (χ1) is 7.65. The van der Waals surface area contributed by atoms with Crippen LogP contribution in [0.1, 0.15) is 16.2 Å². The highest BCUT2D eigenvalue weighted by Crippen LogP contribution is 2.08. The van der Waals surface area contributed by atoms with Crippen molar-refractivity contribution in [1.82, 2.24) is 15.0 Å². The van der Waals surface area contributed by atoms with Crippen molar-refractivity contribution < 1.29 is 9.21 Å². The minimum Gasteiger partial charge on any atom is -0.432 e. The fraction of sp³-hybridized carbons (Fsp3) is 0.111. The summed E-state index contributed by atoms with van der Waals surface area (Å²) >= 11 is 5.54. The van der Waals surface area contributed by atoms with Crippen LogP contribution >= 0.6 is 11.6 Å². The number of nitrogens with one attached hydrogen (secondary N) is 1. The Bertz CT molecular complexity index is 508. The number of hydrogen-bond donors (Lipinski definition) is 1. The van der Waals surface area contributed by atoms with Crippen molar-refractivity contribution in [2.45, 2.75) is 6.92 Å². The maximum Gasteiger partial charge on any atom is 0.301 e. The summed E-state index contributed by atoms with van der Waals surface area (Å²) in [7, 11) is 0. The Morgan fingerprint density at radius 1 is 1.44 bits per heavy atom. The molecule has 0 bridgehead atoms. The molecule has 2 rings (SSSR count). The van der Waals surface area contributed by atoms with Crippen LogP contribution in [0, 0.1) is 6.92 Å². The monoisotopic (exact) mass is 238 g/mol. The molecule has 0 saturated heterocycles. The van der Waals surface area contributed by atoms with Crippen LogP contribution in [0.3, 0.4) is 0 Å². The number of carbonyl (C=O) groups is 1. The smallest absolute Gasteiger partial charge is 0.301 e. The van der Waals surface area contributed by atoms with Crippen LogP contribution in [-0.2, 0) is 0 Å². The Labute approximate surface area is 95.7 Å². The van der Waals surface area contributed by atoms with Crippen molar-refractivity contribution in [2.24, 2.45) is 0 Å². The SMILES string of the molecule is Cc1coc(NC(=O)c2cnc(Cl)cn2)n1. The minimum atomic E-state index is -0.453. The van der Waals surface area contributed by atoms with Crippen LogP contribution in [0.5, 0.6) is 0 Å². The zero-order valence-corrected chi connectivity index (χ0v) is 9.02. The zero-order valence-electron chi connectivity index (χ0n) is 8.27. The summed E-state index contributed by atoms with van der Waals surface area (Å²) in [5.74, 6) is -0.453. The maximum absolute atomic E-state index is 11.6. The van der Waals surface area contributed by atoms with E-state index in [4.69, 9.17) is 16.0 Å². The van der Waals surface area contributed by atoms with E-state index in [0.29, 0.717) is 5.69 Å². The van der Waals surface area contributed by atoms with E-state index < -0.39 is 5.91 Å². The first-order valence-electron chi connectivity index (χ1n) is 4.36. The number of aromatic nitrogens is 3. The Morgan fingerprint density at radius 2 is 2.25 bits per heavy atom. The largest absolute Gasteiger partial charge is 0.432 e. The Morgan fingerprint density at radius 3 is 2.81 bits per heavy atom. The first-order valence-corrected chi connectivity index (χ1v) is 4.74. The molecule has 0 spiro atoms. The summed E-state index contributed by atoms with van der Waals surface area (Å²) in [6.07, 6.45) is 3.99. The van der Waals surface area contributed by atoms with Crippen LogP contribution in [0.2, 0.25) is 5.15 Å². The molecule has 0 aliphatic carbocycles. The Balaban J connectivity index is 2.11. The summed E-state index contributed by atoms with van der Waals surface area (Å²) in [5, 5.41) is 2.66. The van der Waals surface area contributed by atoms with Gasteiger partial charge in [0, 0.05) is 0 Å². The lowest BCUT2D eigenvalue weighted by molar-refractivity contribution is 0.101. The van der Waals surface area contributed by atoms with Gasteiger partial charge in [-0.3, -0.25) is 10.1 Å². The first kappa shape index (κ1) is 10.6. The van der Waals surface area contributed by atoms with Crippen LogP contribution in [0.25, 0.3) is 0 Å². The molecule has 82 valence electrons. The third kappa shape index (κ3) is 2.34. The summed E-state index contributed by atoms with van der Waals surface area (Å²) in [5.41, 5.74) is 0.817. The number of amides is 1. The molecule has 0 atom stereocenters. The minimum absolute atomic E-state index is 0.124. The second-order valence-corrected chi connectivity index (χ2v) is 3.36. The summed E-state index contributed by atoms with van der Waals surface area (Å²) in [6, 6.07) is 0.124. The van der Waals surface area contributed by atoms with Gasteiger partial charge in [-0.25, -0.2) is 9.97 Å². The molecule has 1 amide bonds. The van der Waals surface area contributed by atoms with Gasteiger partial charge < -0.3 is 4.42 Å². The fourth-order valence-corrected chi connectivity index (χ4v) is 1.10. The van der Waals surface area contributed by atoms with Gasteiger partial charge in [-0.1, -0.05) is 11.6 Å². The highest BCUT2D eigenvalue weighted by Gasteiger charge is 2.10. The molecular weight excluding hydrogens is 232 g/mol. The Kier molecular flexibility index (Phi) is 2.82. The van der Waals surface area contributed by atoms with E-state index in [9.17, 15) is 4.79 Å². The Hall–Kier alpha value is -1.95. The normalized spacial score (nSPS) is 10.1. The number of oxazole rings is 1. The van der Waals surface area contributed by atoms with Crippen molar-refractivity contribution in [3.8, 4) is 0 Å². The average molecular weight is 239 g/mol. The average Bonchev–Trinajstić information content (AvgIpc) is 2.65. The van der Waals surface area contributed by atoms with Gasteiger partial charge in [0.15, 0.2) is 0 Å². The molecule has 0 aliphatic heterocycles. The summed E-state index contributed by atoms with van der Waals surface area (Å²) in [6.45, 7) is 1.75. The van der Waals surface area contributed by atoms with Gasteiger partial charge in [-0.05, 0) is 6.92 Å². The number of anilines is 1. The van der Waals surface area contributed by atoms with Crippen LogP contribution in [0.15, 0.2) is 23.1 Å². The van der Waals surface area contributed by atoms with E-state index in [1.807, 2.05) is 0 Å². The molecule has 2 aromatic heterocycles. The summed E-state index contributed by atoms with van der Waals surface area (Å²) in [4.78, 5) is 23.0. The van der Waals surface area contributed by atoms with Crippen molar-refractivity contribution in [2.75, 3.05) is 5.32 Å². The van der Waals surface area contributed by atoms with Crippen molar-refractivity contribution >= 4 is 23.5 Å². The lowest BCUT2D eigenvalue weighted by Crippen LogP contribution is -2.14. The molecule has 6 nitrogen and oxygen atoms in total. The van der Waals surface area contributed by atoms with Gasteiger partial charge in [0.25, 0.3) is 5.91 Å². The lowest BCUT2D eigenvalue weighted by atomic mass is 10.4. The molecule has 0 saturated carbocycles. The number of halogens is 1. The van der Waals surface area contributed by atoms with E-state index in [1.54, 1.807) is 6.92 Å². The van der Waals surface area contributed by atoms with Crippen LogP contribution in [-0.4, -0.2) is 20.9 Å². The summed E-state index contributed by atoms with van der Waals surface area (Å²) < 4.78 is 4.96. The molecule has 2 heterocycles. The number of carbonyl (C=O) groups excluding carboxylic acids is 1. The lowest BCUT2D eigenvalue weighted by Gasteiger charge is -1.98. The maximum atomic E-state index is 11.6. The predicted octanol–water partition coefficient (Wildman–Crippen LogP) is 1.68. The quantitative estimate of drug-likeness (QED) is 0.861. The van der Waals surface area contributed by atoms with Gasteiger partial charge in [-0.15, -0.1) is 0 Å². The van der Waals surface area contributed by atoms with Gasteiger partial charge in [-0.2, -0.15) is 4.98 Å². The van der Waals surface area contributed by atoms with E-state index >= 15 is 0 Å². The predicted molar refractivity (Wildman–Crippen MR) is 56.2 cm³/mol.